The van der Waals surface area contributed by atoms with E-state index in [1.54, 1.807) is 48.5 Å². The zero-order valence-electron chi connectivity index (χ0n) is 16.9. The standard InChI is InChI=1S/C22H25N3O5/c1-3-7-20(27)24-18-12-10-16(11-13-18)19(26)14-30-21(28)15(2)23-22(29)25-17-8-5-4-6-9-17/h4-6,8-13,15H,3,7,14H2,1-2H3,(H,24,27)(H2,23,25,29)/t15-/m0/s1. The number of hydrogen-bond donors (Lipinski definition) is 3. The summed E-state index contributed by atoms with van der Waals surface area (Å²) in [4.78, 5) is 47.7. The molecule has 8 nitrogen and oxygen atoms in total. The van der Waals surface area contributed by atoms with Crippen molar-refractivity contribution in [3.8, 4) is 0 Å². The van der Waals surface area contributed by atoms with E-state index in [2.05, 4.69) is 16.0 Å². The smallest absolute Gasteiger partial charge is 0.328 e. The van der Waals surface area contributed by atoms with E-state index in [0.29, 0.717) is 23.4 Å². The number of nitrogens with one attached hydrogen (secondary N) is 3. The Morgan fingerprint density at radius 2 is 1.53 bits per heavy atom. The Morgan fingerprint density at radius 3 is 2.17 bits per heavy atom. The van der Waals surface area contributed by atoms with Crippen LogP contribution in [0.25, 0.3) is 0 Å². The number of carbonyl (C=O) groups is 4. The normalized spacial score (nSPS) is 11.1. The van der Waals surface area contributed by atoms with Crippen LogP contribution in [0.3, 0.4) is 0 Å². The minimum absolute atomic E-state index is 0.0942. The van der Waals surface area contributed by atoms with Gasteiger partial charge < -0.3 is 20.7 Å². The first-order valence-corrected chi connectivity index (χ1v) is 9.61. The Hall–Kier alpha value is -3.68. The highest BCUT2D eigenvalue weighted by molar-refractivity contribution is 5.99. The second-order valence-corrected chi connectivity index (χ2v) is 6.59. The molecule has 8 heteroatoms. The molecule has 3 N–H and O–H groups in total. The molecule has 0 fully saturated rings. The fourth-order valence-electron chi connectivity index (χ4n) is 2.48. The first kappa shape index (κ1) is 22.6. The Labute approximate surface area is 175 Å². The molecule has 0 saturated heterocycles. The molecule has 0 aliphatic heterocycles. The molecule has 0 heterocycles. The summed E-state index contributed by atoms with van der Waals surface area (Å²) >= 11 is 0. The number of amides is 3. The van der Waals surface area contributed by atoms with Crippen molar-refractivity contribution < 1.29 is 23.9 Å². The Bertz CT molecular complexity index is 881. The SMILES string of the molecule is CCCC(=O)Nc1ccc(C(=O)COC(=O)[C@H](C)NC(=O)Nc2ccccc2)cc1. The Balaban J connectivity index is 1.78. The largest absolute Gasteiger partial charge is 0.456 e. The molecule has 2 rings (SSSR count). The zero-order valence-corrected chi connectivity index (χ0v) is 16.9. The maximum atomic E-state index is 12.2. The molecule has 30 heavy (non-hydrogen) atoms. The van der Waals surface area contributed by atoms with Crippen molar-refractivity contribution >= 4 is 35.1 Å². The van der Waals surface area contributed by atoms with Crippen LogP contribution in [0, 0.1) is 0 Å². The highest BCUT2D eigenvalue weighted by Crippen LogP contribution is 2.11. The summed E-state index contributed by atoms with van der Waals surface area (Å²) in [7, 11) is 0. The molecule has 2 aromatic rings. The maximum Gasteiger partial charge on any atom is 0.328 e. The molecule has 0 spiro atoms. The van der Waals surface area contributed by atoms with Gasteiger partial charge in [-0.25, -0.2) is 9.59 Å². The van der Waals surface area contributed by atoms with Gasteiger partial charge in [-0.1, -0.05) is 25.1 Å². The molecular formula is C22H25N3O5. The minimum Gasteiger partial charge on any atom is -0.456 e. The third kappa shape index (κ3) is 7.38. The number of carbonyl (C=O) groups excluding carboxylic acids is 4. The van der Waals surface area contributed by atoms with Crippen LogP contribution < -0.4 is 16.0 Å². The van der Waals surface area contributed by atoms with Crippen molar-refractivity contribution in [3.05, 3.63) is 60.2 Å². The van der Waals surface area contributed by atoms with Gasteiger partial charge in [0.2, 0.25) is 5.91 Å². The number of urea groups is 1. The van der Waals surface area contributed by atoms with Crippen molar-refractivity contribution in [1.29, 1.82) is 0 Å². The Morgan fingerprint density at radius 1 is 0.900 bits per heavy atom. The Kier molecular flexibility index (Phi) is 8.56. The van der Waals surface area contributed by atoms with E-state index in [-0.39, 0.29) is 5.91 Å². The molecule has 1 atom stereocenters. The van der Waals surface area contributed by atoms with Crippen LogP contribution in [-0.4, -0.2) is 36.3 Å². The molecule has 158 valence electrons. The average Bonchev–Trinajstić information content (AvgIpc) is 2.73. The fourth-order valence-corrected chi connectivity index (χ4v) is 2.48. The highest BCUT2D eigenvalue weighted by Gasteiger charge is 2.19. The number of ether oxygens (including phenoxy) is 1. The van der Waals surface area contributed by atoms with Crippen LogP contribution in [0.15, 0.2) is 54.6 Å². The number of Topliss-reactive ketones (excluding diaryl/α,β-unsaturated/α-hetero) is 1. The van der Waals surface area contributed by atoms with Gasteiger partial charge in [0.25, 0.3) is 0 Å². The van der Waals surface area contributed by atoms with E-state index >= 15 is 0 Å². The minimum atomic E-state index is -0.933. The van der Waals surface area contributed by atoms with Gasteiger partial charge in [0.05, 0.1) is 0 Å². The summed E-state index contributed by atoms with van der Waals surface area (Å²) in [5.41, 5.74) is 1.52. The number of hydrogen-bond acceptors (Lipinski definition) is 5. The van der Waals surface area contributed by atoms with Crippen molar-refractivity contribution in [1.82, 2.24) is 5.32 Å². The van der Waals surface area contributed by atoms with Gasteiger partial charge in [-0.15, -0.1) is 0 Å². The first-order chi connectivity index (χ1) is 14.4. The van der Waals surface area contributed by atoms with Crippen LogP contribution >= 0.6 is 0 Å². The van der Waals surface area contributed by atoms with Gasteiger partial charge in [0, 0.05) is 23.4 Å². The second-order valence-electron chi connectivity index (χ2n) is 6.59. The van der Waals surface area contributed by atoms with Crippen LogP contribution in [0.5, 0.6) is 0 Å². The maximum absolute atomic E-state index is 12.2. The first-order valence-electron chi connectivity index (χ1n) is 9.61. The van der Waals surface area contributed by atoms with Gasteiger partial charge in [-0.3, -0.25) is 9.59 Å². The van der Waals surface area contributed by atoms with Gasteiger partial charge >= 0.3 is 12.0 Å². The van der Waals surface area contributed by atoms with E-state index in [1.807, 2.05) is 13.0 Å². The molecule has 3 amide bonds. The lowest BCUT2D eigenvalue weighted by atomic mass is 10.1. The van der Waals surface area contributed by atoms with Crippen molar-refractivity contribution in [3.63, 3.8) is 0 Å². The van der Waals surface area contributed by atoms with Gasteiger partial charge in [-0.2, -0.15) is 0 Å². The summed E-state index contributed by atoms with van der Waals surface area (Å²) in [5, 5.41) is 7.77. The summed E-state index contributed by atoms with van der Waals surface area (Å²) in [5.74, 6) is -1.21. The lowest BCUT2D eigenvalue weighted by molar-refractivity contribution is -0.144. The topological polar surface area (TPSA) is 114 Å². The molecule has 0 saturated carbocycles. The van der Waals surface area contributed by atoms with Gasteiger partial charge in [-0.05, 0) is 49.7 Å². The highest BCUT2D eigenvalue weighted by atomic mass is 16.5. The average molecular weight is 411 g/mol. The van der Waals surface area contributed by atoms with Crippen molar-refractivity contribution in [2.75, 3.05) is 17.2 Å². The second kappa shape index (κ2) is 11.4. The van der Waals surface area contributed by atoms with Crippen LogP contribution in [0.1, 0.15) is 37.0 Å². The number of para-hydroxylation sites is 1. The summed E-state index contributed by atoms with van der Waals surface area (Å²) < 4.78 is 5.00. The van der Waals surface area contributed by atoms with Crippen LogP contribution in [-0.2, 0) is 14.3 Å². The summed E-state index contributed by atoms with van der Waals surface area (Å²) in [6.45, 7) is 2.92. The molecule has 0 radical (unpaired) electrons. The van der Waals surface area contributed by atoms with Crippen molar-refractivity contribution in [2.24, 2.45) is 0 Å². The molecule has 0 aliphatic carbocycles. The zero-order chi connectivity index (χ0) is 21.9. The quantitative estimate of drug-likeness (QED) is 0.432. The van der Waals surface area contributed by atoms with E-state index in [1.165, 1.54) is 6.92 Å². The number of anilines is 2. The summed E-state index contributed by atoms with van der Waals surface area (Å²) in [6, 6.07) is 13.6. The molecule has 2 aromatic carbocycles. The van der Waals surface area contributed by atoms with E-state index in [0.717, 1.165) is 6.42 Å². The molecule has 0 bridgehead atoms. The molecule has 0 aromatic heterocycles. The van der Waals surface area contributed by atoms with Crippen LogP contribution in [0.4, 0.5) is 16.2 Å². The third-order valence-corrected chi connectivity index (χ3v) is 4.05. The van der Waals surface area contributed by atoms with E-state index in [9.17, 15) is 19.2 Å². The monoisotopic (exact) mass is 411 g/mol. The predicted octanol–water partition coefficient (Wildman–Crippen LogP) is 3.36. The molecule has 0 aliphatic rings. The summed E-state index contributed by atoms with van der Waals surface area (Å²) in [6.07, 6.45) is 1.17. The predicted molar refractivity (Wildman–Crippen MR) is 113 cm³/mol. The van der Waals surface area contributed by atoms with Gasteiger partial charge in [0.1, 0.15) is 6.04 Å². The lowest BCUT2D eigenvalue weighted by Crippen LogP contribution is -2.42. The number of benzene rings is 2. The fraction of sp³-hybridized carbons (Fsp3) is 0.273. The van der Waals surface area contributed by atoms with E-state index in [4.69, 9.17) is 4.74 Å². The van der Waals surface area contributed by atoms with Gasteiger partial charge in [0.15, 0.2) is 12.4 Å². The number of rotatable bonds is 9. The lowest BCUT2D eigenvalue weighted by Gasteiger charge is -2.14. The van der Waals surface area contributed by atoms with E-state index < -0.39 is 30.4 Å². The number of ketones is 1. The van der Waals surface area contributed by atoms with Crippen molar-refractivity contribution in [2.45, 2.75) is 32.7 Å². The third-order valence-electron chi connectivity index (χ3n) is 4.05. The number of esters is 1. The molecular weight excluding hydrogens is 386 g/mol. The molecule has 0 unspecified atom stereocenters. The van der Waals surface area contributed by atoms with Crippen LogP contribution in [0.2, 0.25) is 0 Å².